The summed E-state index contributed by atoms with van der Waals surface area (Å²) in [4.78, 5) is 0. The number of hydrogen-bond acceptors (Lipinski definition) is 2. The lowest BCUT2D eigenvalue weighted by atomic mass is 10.3. The van der Waals surface area contributed by atoms with Crippen LogP contribution in [-0.4, -0.2) is 19.7 Å². The lowest BCUT2D eigenvalue weighted by Crippen LogP contribution is -2.18. The number of benzene rings is 1. The van der Waals surface area contributed by atoms with Crippen LogP contribution in [0, 0.1) is 5.82 Å². The highest BCUT2D eigenvalue weighted by atomic mass is 19.1. The predicted molar refractivity (Wildman–Crippen MR) is 64.3 cm³/mol. The Morgan fingerprint density at radius 1 is 1.12 bits per heavy atom. The zero-order valence-electron chi connectivity index (χ0n) is 9.84. The van der Waals surface area contributed by atoms with Gasteiger partial charge in [-0.05, 0) is 50.2 Å². The first-order valence-corrected chi connectivity index (χ1v) is 5.92. The summed E-state index contributed by atoms with van der Waals surface area (Å²) in [6, 6.07) is 6.13. The molecule has 0 aliphatic rings. The van der Waals surface area contributed by atoms with Crippen LogP contribution in [0.25, 0.3) is 0 Å². The van der Waals surface area contributed by atoms with E-state index in [1.807, 2.05) is 0 Å². The summed E-state index contributed by atoms with van der Waals surface area (Å²) in [6.07, 6.45) is 3.42. The molecule has 90 valence electrons. The molecule has 0 atom stereocenters. The van der Waals surface area contributed by atoms with Crippen molar-refractivity contribution >= 4 is 0 Å². The van der Waals surface area contributed by atoms with Crippen LogP contribution >= 0.6 is 0 Å². The van der Waals surface area contributed by atoms with Gasteiger partial charge < -0.3 is 10.1 Å². The molecule has 0 bridgehead atoms. The van der Waals surface area contributed by atoms with E-state index in [4.69, 9.17) is 4.74 Å². The van der Waals surface area contributed by atoms with Gasteiger partial charge in [0.05, 0.1) is 6.61 Å². The average molecular weight is 225 g/mol. The Labute approximate surface area is 96.8 Å². The molecule has 0 saturated carbocycles. The Bertz CT molecular complexity index is 274. The predicted octanol–water partition coefficient (Wildman–Crippen LogP) is 2.98. The van der Waals surface area contributed by atoms with Crippen LogP contribution in [0.15, 0.2) is 24.3 Å². The van der Waals surface area contributed by atoms with E-state index in [1.54, 1.807) is 12.1 Å². The second-order valence-corrected chi connectivity index (χ2v) is 3.76. The van der Waals surface area contributed by atoms with Crippen LogP contribution in [0.2, 0.25) is 0 Å². The number of unbranched alkanes of at least 4 members (excludes halogenated alkanes) is 1. The summed E-state index contributed by atoms with van der Waals surface area (Å²) in [5, 5.41) is 3.34. The van der Waals surface area contributed by atoms with Crippen molar-refractivity contribution in [1.82, 2.24) is 5.32 Å². The number of rotatable bonds is 8. The highest BCUT2D eigenvalue weighted by Gasteiger charge is 1.94. The van der Waals surface area contributed by atoms with Crippen molar-refractivity contribution in [1.29, 1.82) is 0 Å². The summed E-state index contributed by atoms with van der Waals surface area (Å²) in [5.41, 5.74) is 0. The Kier molecular flexibility index (Phi) is 6.58. The quantitative estimate of drug-likeness (QED) is 0.687. The van der Waals surface area contributed by atoms with Crippen LogP contribution in [0.5, 0.6) is 5.75 Å². The molecule has 1 N–H and O–H groups in total. The Morgan fingerprint density at radius 3 is 2.50 bits per heavy atom. The van der Waals surface area contributed by atoms with E-state index < -0.39 is 0 Å². The standard InChI is InChI=1S/C13H20FNO/c1-2-3-9-15-10-4-11-16-13-7-5-12(14)6-8-13/h5-8,15H,2-4,9-11H2,1H3. The maximum atomic E-state index is 12.6. The summed E-state index contributed by atoms with van der Waals surface area (Å²) in [6.45, 7) is 4.90. The molecule has 0 unspecified atom stereocenters. The summed E-state index contributed by atoms with van der Waals surface area (Å²) < 4.78 is 18.0. The van der Waals surface area contributed by atoms with E-state index in [0.29, 0.717) is 6.61 Å². The largest absolute Gasteiger partial charge is 0.494 e. The minimum Gasteiger partial charge on any atom is -0.494 e. The zero-order valence-corrected chi connectivity index (χ0v) is 9.84. The van der Waals surface area contributed by atoms with Gasteiger partial charge in [0, 0.05) is 0 Å². The third kappa shape index (κ3) is 5.71. The number of hydrogen-bond donors (Lipinski definition) is 1. The van der Waals surface area contributed by atoms with E-state index in [2.05, 4.69) is 12.2 Å². The normalized spacial score (nSPS) is 10.4. The molecule has 2 nitrogen and oxygen atoms in total. The van der Waals surface area contributed by atoms with Crippen molar-refractivity contribution in [3.8, 4) is 5.75 Å². The molecule has 1 aromatic carbocycles. The molecule has 1 aromatic rings. The third-order valence-electron chi connectivity index (χ3n) is 2.29. The van der Waals surface area contributed by atoms with Gasteiger partial charge in [-0.2, -0.15) is 0 Å². The highest BCUT2D eigenvalue weighted by Crippen LogP contribution is 2.10. The Morgan fingerprint density at radius 2 is 1.81 bits per heavy atom. The summed E-state index contributed by atoms with van der Waals surface area (Å²) in [5.74, 6) is 0.503. The molecular weight excluding hydrogens is 205 g/mol. The molecule has 0 fully saturated rings. The molecule has 1 rings (SSSR count). The summed E-state index contributed by atoms with van der Waals surface area (Å²) >= 11 is 0. The molecule has 0 aliphatic carbocycles. The molecule has 0 radical (unpaired) electrons. The van der Waals surface area contributed by atoms with E-state index in [-0.39, 0.29) is 5.82 Å². The third-order valence-corrected chi connectivity index (χ3v) is 2.29. The van der Waals surface area contributed by atoms with Crippen molar-refractivity contribution in [2.75, 3.05) is 19.7 Å². The molecule has 0 spiro atoms. The molecule has 0 saturated heterocycles. The first-order chi connectivity index (χ1) is 7.83. The van der Waals surface area contributed by atoms with Crippen LogP contribution in [0.4, 0.5) is 4.39 Å². The number of nitrogens with one attached hydrogen (secondary N) is 1. The molecule has 16 heavy (non-hydrogen) atoms. The minimum atomic E-state index is -0.228. The van der Waals surface area contributed by atoms with Gasteiger partial charge in [-0.1, -0.05) is 13.3 Å². The first kappa shape index (κ1) is 13.0. The van der Waals surface area contributed by atoms with Gasteiger partial charge in [-0.25, -0.2) is 4.39 Å². The fourth-order valence-corrected chi connectivity index (χ4v) is 1.34. The van der Waals surface area contributed by atoms with Crippen molar-refractivity contribution in [2.24, 2.45) is 0 Å². The van der Waals surface area contributed by atoms with Gasteiger partial charge >= 0.3 is 0 Å². The van der Waals surface area contributed by atoms with E-state index in [1.165, 1.54) is 25.0 Å². The number of halogens is 1. The van der Waals surface area contributed by atoms with Crippen LogP contribution in [0.1, 0.15) is 26.2 Å². The van der Waals surface area contributed by atoms with Crippen molar-refractivity contribution < 1.29 is 9.13 Å². The second kappa shape index (κ2) is 8.11. The van der Waals surface area contributed by atoms with Gasteiger partial charge in [0.2, 0.25) is 0 Å². The highest BCUT2D eigenvalue weighted by molar-refractivity contribution is 5.21. The maximum Gasteiger partial charge on any atom is 0.123 e. The van der Waals surface area contributed by atoms with Gasteiger partial charge in [0.25, 0.3) is 0 Å². The second-order valence-electron chi connectivity index (χ2n) is 3.76. The zero-order chi connectivity index (χ0) is 11.6. The van der Waals surface area contributed by atoms with Crippen molar-refractivity contribution in [2.45, 2.75) is 26.2 Å². The van der Waals surface area contributed by atoms with E-state index in [0.717, 1.165) is 25.3 Å². The van der Waals surface area contributed by atoms with E-state index >= 15 is 0 Å². The van der Waals surface area contributed by atoms with Crippen molar-refractivity contribution in [3.63, 3.8) is 0 Å². The monoisotopic (exact) mass is 225 g/mol. The first-order valence-electron chi connectivity index (χ1n) is 5.92. The minimum absolute atomic E-state index is 0.228. The molecule has 0 heterocycles. The Balaban J connectivity index is 2.01. The number of ether oxygens (including phenoxy) is 1. The van der Waals surface area contributed by atoms with Crippen molar-refractivity contribution in [3.05, 3.63) is 30.1 Å². The van der Waals surface area contributed by atoms with Crippen LogP contribution in [-0.2, 0) is 0 Å². The smallest absolute Gasteiger partial charge is 0.123 e. The fraction of sp³-hybridized carbons (Fsp3) is 0.538. The summed E-state index contributed by atoms with van der Waals surface area (Å²) in [7, 11) is 0. The SMILES string of the molecule is CCCCNCCCOc1ccc(F)cc1. The fourth-order valence-electron chi connectivity index (χ4n) is 1.34. The topological polar surface area (TPSA) is 21.3 Å². The maximum absolute atomic E-state index is 12.6. The lowest BCUT2D eigenvalue weighted by molar-refractivity contribution is 0.307. The Hall–Kier alpha value is -1.09. The lowest BCUT2D eigenvalue weighted by Gasteiger charge is -2.06. The molecule has 0 aliphatic heterocycles. The average Bonchev–Trinajstić information content (AvgIpc) is 2.30. The van der Waals surface area contributed by atoms with E-state index in [9.17, 15) is 4.39 Å². The van der Waals surface area contributed by atoms with Gasteiger partial charge in [0.15, 0.2) is 0 Å². The van der Waals surface area contributed by atoms with Crippen LogP contribution < -0.4 is 10.1 Å². The van der Waals surface area contributed by atoms with Gasteiger partial charge in [-0.3, -0.25) is 0 Å². The van der Waals surface area contributed by atoms with Crippen LogP contribution in [0.3, 0.4) is 0 Å². The molecular formula is C13H20FNO. The molecule has 3 heteroatoms. The molecule has 0 aromatic heterocycles. The van der Waals surface area contributed by atoms with Gasteiger partial charge in [-0.15, -0.1) is 0 Å². The molecule has 0 amide bonds. The van der Waals surface area contributed by atoms with Gasteiger partial charge in [0.1, 0.15) is 11.6 Å².